The average molecular weight is 263 g/mol. The molecule has 1 amide bonds. The number of carbonyl (C=O) groups is 1. The van der Waals surface area contributed by atoms with E-state index in [2.05, 4.69) is 10.5 Å². The molecule has 0 bridgehead atoms. The smallest absolute Gasteiger partial charge is 0.264 e. The Morgan fingerprint density at radius 2 is 2.00 bits per heavy atom. The number of oxime groups is 1. The molecule has 0 unspecified atom stereocenters. The highest BCUT2D eigenvalue weighted by molar-refractivity contribution is 8.18. The quantitative estimate of drug-likeness (QED) is 0.484. The predicted octanol–water partition coefficient (Wildman–Crippen LogP) is 1.70. The Labute approximate surface area is 109 Å². The van der Waals surface area contributed by atoms with Crippen LogP contribution in [0.15, 0.2) is 34.3 Å². The van der Waals surface area contributed by atoms with E-state index in [0.29, 0.717) is 4.91 Å². The summed E-state index contributed by atoms with van der Waals surface area (Å²) >= 11 is 1.11. The summed E-state index contributed by atoms with van der Waals surface area (Å²) in [5.41, 5.74) is 2.02. The highest BCUT2D eigenvalue weighted by Gasteiger charge is 2.23. The minimum atomic E-state index is -0.246. The number of amides is 1. The average Bonchev–Trinajstić information content (AvgIpc) is 2.71. The highest BCUT2D eigenvalue weighted by Crippen LogP contribution is 2.26. The van der Waals surface area contributed by atoms with Crippen LogP contribution in [0.1, 0.15) is 5.56 Å². The summed E-state index contributed by atoms with van der Waals surface area (Å²) in [5.74, 6) is -0.246. The first-order chi connectivity index (χ1) is 8.60. The molecule has 0 aliphatic carbocycles. The second kappa shape index (κ2) is 5.14. The molecule has 94 valence electrons. The van der Waals surface area contributed by atoms with E-state index in [1.807, 2.05) is 43.3 Å². The number of anilines is 1. The fourth-order valence-electron chi connectivity index (χ4n) is 1.50. The molecule has 5 nitrogen and oxygen atoms in total. The Hall–Kier alpha value is -1.95. The Balaban J connectivity index is 2.21. The third-order valence-corrected chi connectivity index (χ3v) is 3.35. The molecular weight excluding hydrogens is 250 g/mol. The zero-order chi connectivity index (χ0) is 13.1. The predicted molar refractivity (Wildman–Crippen MR) is 73.7 cm³/mol. The van der Waals surface area contributed by atoms with Crippen LogP contribution in [0.4, 0.5) is 5.69 Å². The molecule has 2 N–H and O–H groups in total. The lowest BCUT2D eigenvalue weighted by molar-refractivity contribution is -0.115. The number of amidine groups is 1. The number of hydrogen-bond donors (Lipinski definition) is 2. The van der Waals surface area contributed by atoms with Gasteiger partial charge in [0.05, 0.1) is 4.91 Å². The lowest BCUT2D eigenvalue weighted by atomic mass is 10.2. The summed E-state index contributed by atoms with van der Waals surface area (Å²) in [4.78, 5) is 14.0. The van der Waals surface area contributed by atoms with E-state index in [1.165, 1.54) is 0 Å². The van der Waals surface area contributed by atoms with E-state index < -0.39 is 0 Å². The maximum atomic E-state index is 11.5. The molecule has 1 fully saturated rings. The molecule has 2 rings (SSSR count). The zero-order valence-corrected chi connectivity index (χ0v) is 10.9. The number of thioether (sulfide) groups is 1. The van der Waals surface area contributed by atoms with Crippen LogP contribution < -0.4 is 10.2 Å². The topological polar surface area (TPSA) is 64.9 Å². The van der Waals surface area contributed by atoms with E-state index >= 15 is 0 Å². The van der Waals surface area contributed by atoms with Crippen molar-refractivity contribution in [1.82, 2.24) is 5.32 Å². The molecule has 1 aliphatic heterocycles. The Kier molecular flexibility index (Phi) is 3.57. The SMILES string of the molecule is CN(C)c1ccc(C=C2S/C(=N/O)NC2=O)cc1. The van der Waals surface area contributed by atoms with Crippen LogP contribution in [0, 0.1) is 0 Å². The minimum absolute atomic E-state index is 0.205. The highest BCUT2D eigenvalue weighted by atomic mass is 32.2. The van der Waals surface area contributed by atoms with Crippen LogP contribution in [-0.4, -0.2) is 30.4 Å². The summed E-state index contributed by atoms with van der Waals surface area (Å²) in [5, 5.41) is 14.2. The second-order valence-corrected chi connectivity index (χ2v) is 4.99. The Bertz CT molecular complexity index is 521. The normalized spacial score (nSPS) is 19.3. The monoisotopic (exact) mass is 263 g/mol. The largest absolute Gasteiger partial charge is 0.409 e. The van der Waals surface area contributed by atoms with Gasteiger partial charge in [0.1, 0.15) is 0 Å². The molecule has 0 saturated carbocycles. The van der Waals surface area contributed by atoms with Crippen LogP contribution in [0.25, 0.3) is 6.08 Å². The van der Waals surface area contributed by atoms with Gasteiger partial charge in [-0.3, -0.25) is 10.1 Å². The van der Waals surface area contributed by atoms with Gasteiger partial charge in [-0.05, 0) is 35.5 Å². The van der Waals surface area contributed by atoms with E-state index in [9.17, 15) is 4.79 Å². The van der Waals surface area contributed by atoms with Gasteiger partial charge in [-0.15, -0.1) is 0 Å². The van der Waals surface area contributed by atoms with Gasteiger partial charge in [-0.2, -0.15) is 0 Å². The number of nitrogens with one attached hydrogen (secondary N) is 1. The maximum absolute atomic E-state index is 11.5. The molecule has 0 spiro atoms. The van der Waals surface area contributed by atoms with Crippen LogP contribution in [0.2, 0.25) is 0 Å². The van der Waals surface area contributed by atoms with Gasteiger partial charge >= 0.3 is 0 Å². The Morgan fingerprint density at radius 1 is 1.33 bits per heavy atom. The fraction of sp³-hybridized carbons (Fsp3) is 0.167. The number of hydrogen-bond acceptors (Lipinski definition) is 5. The molecule has 1 heterocycles. The third-order valence-electron chi connectivity index (χ3n) is 2.45. The Morgan fingerprint density at radius 3 is 2.50 bits per heavy atom. The third kappa shape index (κ3) is 2.65. The van der Waals surface area contributed by atoms with Gasteiger partial charge in [0, 0.05) is 19.8 Å². The standard InChI is InChI=1S/C12H13N3O2S/c1-15(2)9-5-3-8(4-6-9)7-10-11(16)13-12(14-17)18-10/h3-7,17H,1-2H3,(H,13,14,16). The summed E-state index contributed by atoms with van der Waals surface area (Å²) in [7, 11) is 3.94. The zero-order valence-electron chi connectivity index (χ0n) is 10.0. The lowest BCUT2D eigenvalue weighted by Crippen LogP contribution is -2.19. The van der Waals surface area contributed by atoms with Crippen LogP contribution in [0.3, 0.4) is 0 Å². The van der Waals surface area contributed by atoms with Crippen molar-refractivity contribution in [3.05, 3.63) is 34.7 Å². The van der Waals surface area contributed by atoms with Gasteiger partial charge in [0.25, 0.3) is 5.91 Å². The molecule has 0 atom stereocenters. The van der Waals surface area contributed by atoms with Crippen molar-refractivity contribution in [1.29, 1.82) is 0 Å². The summed E-state index contributed by atoms with van der Waals surface area (Å²) in [6.07, 6.45) is 1.76. The van der Waals surface area contributed by atoms with E-state index in [1.54, 1.807) is 6.08 Å². The first kappa shape index (κ1) is 12.5. The van der Waals surface area contributed by atoms with E-state index in [0.717, 1.165) is 23.0 Å². The number of rotatable bonds is 2. The summed E-state index contributed by atoms with van der Waals surface area (Å²) < 4.78 is 0. The van der Waals surface area contributed by atoms with Crippen molar-refractivity contribution in [2.45, 2.75) is 0 Å². The van der Waals surface area contributed by atoms with Gasteiger partial charge in [-0.25, -0.2) is 0 Å². The van der Waals surface area contributed by atoms with Crippen molar-refractivity contribution < 1.29 is 10.0 Å². The maximum Gasteiger partial charge on any atom is 0.264 e. The molecule has 18 heavy (non-hydrogen) atoms. The van der Waals surface area contributed by atoms with Crippen molar-refractivity contribution >= 4 is 34.6 Å². The van der Waals surface area contributed by atoms with Crippen LogP contribution >= 0.6 is 11.8 Å². The van der Waals surface area contributed by atoms with Crippen LogP contribution in [0.5, 0.6) is 0 Å². The molecule has 1 aliphatic rings. The fourth-order valence-corrected chi connectivity index (χ4v) is 2.23. The molecule has 6 heteroatoms. The van der Waals surface area contributed by atoms with Gasteiger partial charge in [0.15, 0.2) is 0 Å². The number of carbonyl (C=O) groups excluding carboxylic acids is 1. The van der Waals surface area contributed by atoms with Crippen molar-refractivity contribution in [2.75, 3.05) is 19.0 Å². The first-order valence-corrected chi connectivity index (χ1v) is 6.12. The van der Waals surface area contributed by atoms with E-state index in [4.69, 9.17) is 5.21 Å². The number of nitrogens with zero attached hydrogens (tertiary/aromatic N) is 2. The van der Waals surface area contributed by atoms with Crippen molar-refractivity contribution in [2.24, 2.45) is 5.16 Å². The van der Waals surface area contributed by atoms with Gasteiger partial charge in [-0.1, -0.05) is 17.3 Å². The minimum Gasteiger partial charge on any atom is -0.409 e. The van der Waals surface area contributed by atoms with Crippen molar-refractivity contribution in [3.8, 4) is 0 Å². The molecule has 1 aromatic carbocycles. The molecule has 1 aromatic rings. The molecule has 1 saturated heterocycles. The van der Waals surface area contributed by atoms with Gasteiger partial charge < -0.3 is 10.1 Å². The van der Waals surface area contributed by atoms with Crippen molar-refractivity contribution in [3.63, 3.8) is 0 Å². The van der Waals surface area contributed by atoms with Gasteiger partial charge in [0.2, 0.25) is 5.17 Å². The lowest BCUT2D eigenvalue weighted by Gasteiger charge is -2.11. The second-order valence-electron chi connectivity index (χ2n) is 3.96. The molecular formula is C12H13N3O2S. The molecule has 0 aromatic heterocycles. The summed E-state index contributed by atoms with van der Waals surface area (Å²) in [6.45, 7) is 0. The van der Waals surface area contributed by atoms with E-state index in [-0.39, 0.29) is 11.1 Å². The number of benzene rings is 1. The van der Waals surface area contributed by atoms with Crippen LogP contribution in [-0.2, 0) is 4.79 Å². The first-order valence-electron chi connectivity index (χ1n) is 5.30. The molecule has 0 radical (unpaired) electrons. The summed E-state index contributed by atoms with van der Waals surface area (Å²) in [6, 6.07) is 7.82.